The van der Waals surface area contributed by atoms with Crippen molar-refractivity contribution < 1.29 is 12.8 Å². The Morgan fingerprint density at radius 2 is 1.85 bits per heavy atom. The van der Waals surface area contributed by atoms with Crippen molar-refractivity contribution in [2.24, 2.45) is 0 Å². The average molecular weight is 379 g/mol. The van der Waals surface area contributed by atoms with Gasteiger partial charge in [-0.1, -0.05) is 30.8 Å². The number of nitrogens with one attached hydrogen (secondary N) is 1. The van der Waals surface area contributed by atoms with Gasteiger partial charge in [0.15, 0.2) is 0 Å². The van der Waals surface area contributed by atoms with Crippen molar-refractivity contribution in [1.29, 1.82) is 5.26 Å². The van der Waals surface area contributed by atoms with Crippen LogP contribution in [-0.4, -0.2) is 13.4 Å². The summed E-state index contributed by atoms with van der Waals surface area (Å²) in [5, 5.41) is 8.83. The van der Waals surface area contributed by atoms with Crippen LogP contribution >= 0.6 is 0 Å². The van der Waals surface area contributed by atoms with Gasteiger partial charge >= 0.3 is 0 Å². The van der Waals surface area contributed by atoms with Crippen LogP contribution in [0.15, 0.2) is 72.1 Å². The number of aromatic nitrogens is 1. The molecule has 0 saturated carbocycles. The summed E-state index contributed by atoms with van der Waals surface area (Å²) in [5.74, 6) is -0.570. The van der Waals surface area contributed by atoms with Crippen LogP contribution in [0.1, 0.15) is 11.3 Å². The summed E-state index contributed by atoms with van der Waals surface area (Å²) in [6.07, 6.45) is 1.49. The molecular formula is C20H14FN3O2S. The first-order valence-corrected chi connectivity index (χ1v) is 9.33. The summed E-state index contributed by atoms with van der Waals surface area (Å²) in [5.41, 5.74) is 1.75. The van der Waals surface area contributed by atoms with E-state index in [1.807, 2.05) is 6.07 Å². The molecular weight excluding hydrogens is 365 g/mol. The Balaban J connectivity index is 1.91. The van der Waals surface area contributed by atoms with Crippen LogP contribution in [0.5, 0.6) is 0 Å². The molecule has 3 aromatic rings. The zero-order chi connectivity index (χ0) is 19.4. The fourth-order valence-electron chi connectivity index (χ4n) is 2.44. The van der Waals surface area contributed by atoms with E-state index in [0.717, 1.165) is 6.07 Å². The van der Waals surface area contributed by atoms with Crippen LogP contribution in [0.25, 0.3) is 17.2 Å². The van der Waals surface area contributed by atoms with Crippen LogP contribution in [0.3, 0.4) is 0 Å². The maximum atomic E-state index is 14.5. The summed E-state index contributed by atoms with van der Waals surface area (Å²) >= 11 is 0. The zero-order valence-electron chi connectivity index (χ0n) is 14.1. The number of hydrogen-bond donors (Lipinski definition) is 1. The molecule has 2 aromatic carbocycles. The normalized spacial score (nSPS) is 10.8. The molecule has 0 spiro atoms. The highest BCUT2D eigenvalue weighted by Gasteiger charge is 2.18. The number of halogens is 1. The maximum absolute atomic E-state index is 14.5. The highest BCUT2D eigenvalue weighted by molar-refractivity contribution is 7.92. The molecule has 5 nitrogen and oxygen atoms in total. The van der Waals surface area contributed by atoms with Crippen molar-refractivity contribution in [3.05, 3.63) is 84.3 Å². The molecule has 0 radical (unpaired) electrons. The number of nitriles is 1. The molecule has 0 saturated heterocycles. The van der Waals surface area contributed by atoms with E-state index in [2.05, 4.69) is 16.3 Å². The lowest BCUT2D eigenvalue weighted by Gasteiger charge is -2.10. The second kappa shape index (κ2) is 7.40. The van der Waals surface area contributed by atoms with Gasteiger partial charge in [0.25, 0.3) is 10.0 Å². The van der Waals surface area contributed by atoms with Crippen LogP contribution < -0.4 is 4.72 Å². The Morgan fingerprint density at radius 3 is 2.48 bits per heavy atom. The largest absolute Gasteiger partial charge is 0.263 e. The predicted octanol–water partition coefficient (Wildman–Crippen LogP) is 4.20. The molecule has 0 aliphatic rings. The van der Waals surface area contributed by atoms with E-state index in [1.165, 1.54) is 24.3 Å². The molecule has 7 heteroatoms. The fourth-order valence-corrected chi connectivity index (χ4v) is 3.45. The first kappa shape index (κ1) is 18.3. The number of pyridine rings is 1. The van der Waals surface area contributed by atoms with E-state index in [1.54, 1.807) is 36.4 Å². The lowest BCUT2D eigenvalue weighted by molar-refractivity contribution is 0.596. The van der Waals surface area contributed by atoms with Gasteiger partial charge in [0.1, 0.15) is 11.6 Å². The molecule has 1 aromatic heterocycles. The Labute approximate surface area is 156 Å². The average Bonchev–Trinajstić information content (AvgIpc) is 2.68. The predicted molar refractivity (Wildman–Crippen MR) is 102 cm³/mol. The Bertz CT molecular complexity index is 1150. The lowest BCUT2D eigenvalue weighted by atomic mass is 10.0. The highest BCUT2D eigenvalue weighted by atomic mass is 32.2. The van der Waals surface area contributed by atoms with Crippen LogP contribution in [0.2, 0.25) is 0 Å². The summed E-state index contributed by atoms with van der Waals surface area (Å²) in [6, 6.07) is 16.8. The van der Waals surface area contributed by atoms with E-state index in [9.17, 15) is 12.8 Å². The van der Waals surface area contributed by atoms with E-state index in [0.29, 0.717) is 16.8 Å². The first-order valence-electron chi connectivity index (χ1n) is 7.85. The minimum Gasteiger partial charge on any atom is -0.263 e. The Kier molecular flexibility index (Phi) is 5.01. The molecule has 0 atom stereocenters. The van der Waals surface area contributed by atoms with Gasteiger partial charge in [0, 0.05) is 5.56 Å². The van der Waals surface area contributed by atoms with Crippen molar-refractivity contribution in [3.63, 3.8) is 0 Å². The van der Waals surface area contributed by atoms with Crippen molar-refractivity contribution in [2.75, 3.05) is 4.72 Å². The van der Waals surface area contributed by atoms with Crippen molar-refractivity contribution >= 4 is 21.9 Å². The number of anilines is 1. The molecule has 0 unspecified atom stereocenters. The van der Waals surface area contributed by atoms with Crippen LogP contribution in [-0.2, 0) is 10.0 Å². The van der Waals surface area contributed by atoms with Crippen molar-refractivity contribution in [2.45, 2.75) is 4.90 Å². The molecule has 0 amide bonds. The van der Waals surface area contributed by atoms with Gasteiger partial charge in [-0.05, 0) is 48.0 Å². The quantitative estimate of drug-likeness (QED) is 0.720. The topological polar surface area (TPSA) is 82.9 Å². The van der Waals surface area contributed by atoms with E-state index in [4.69, 9.17) is 5.26 Å². The third-order valence-electron chi connectivity index (χ3n) is 3.79. The number of rotatable bonds is 5. The van der Waals surface area contributed by atoms with E-state index >= 15 is 0 Å². The van der Waals surface area contributed by atoms with Crippen molar-refractivity contribution in [3.8, 4) is 17.2 Å². The summed E-state index contributed by atoms with van der Waals surface area (Å²) < 4.78 is 41.9. The number of nitrogens with zero attached hydrogens (tertiary/aromatic N) is 2. The number of hydrogen-bond acceptors (Lipinski definition) is 4. The van der Waals surface area contributed by atoms with Crippen LogP contribution in [0.4, 0.5) is 10.2 Å². The summed E-state index contributed by atoms with van der Waals surface area (Å²) in [6.45, 7) is 3.58. The summed E-state index contributed by atoms with van der Waals surface area (Å²) in [4.78, 5) is 3.86. The zero-order valence-corrected chi connectivity index (χ0v) is 14.9. The monoisotopic (exact) mass is 379 g/mol. The second-order valence-corrected chi connectivity index (χ2v) is 7.27. The van der Waals surface area contributed by atoms with E-state index in [-0.39, 0.29) is 16.3 Å². The maximum Gasteiger partial charge on any atom is 0.263 e. The molecule has 1 heterocycles. The van der Waals surface area contributed by atoms with Gasteiger partial charge in [-0.2, -0.15) is 5.26 Å². The molecule has 0 aliphatic heterocycles. The molecule has 134 valence electrons. The number of benzene rings is 2. The third kappa shape index (κ3) is 4.02. The Hall–Kier alpha value is -3.50. The van der Waals surface area contributed by atoms with Gasteiger partial charge in [-0.25, -0.2) is 17.8 Å². The molecule has 0 aliphatic carbocycles. The Morgan fingerprint density at radius 1 is 1.11 bits per heavy atom. The standard InChI is InChI=1S/C20H14FN3O2S/c1-2-16-4-3-5-20(23-16)24-27(25,26)17-10-11-18(19(21)12-17)15-8-6-14(13-22)7-9-15/h2-12H,1H2,(H,23,24). The van der Waals surface area contributed by atoms with Gasteiger partial charge < -0.3 is 0 Å². The van der Waals surface area contributed by atoms with E-state index < -0.39 is 15.8 Å². The minimum atomic E-state index is -4.00. The highest BCUT2D eigenvalue weighted by Crippen LogP contribution is 2.26. The van der Waals surface area contributed by atoms with Crippen LogP contribution in [0, 0.1) is 17.1 Å². The van der Waals surface area contributed by atoms with Gasteiger partial charge in [0.05, 0.1) is 22.2 Å². The summed E-state index contributed by atoms with van der Waals surface area (Å²) in [7, 11) is -4.00. The SMILES string of the molecule is C=Cc1cccc(NS(=O)(=O)c2ccc(-c3ccc(C#N)cc3)c(F)c2)n1. The molecule has 27 heavy (non-hydrogen) atoms. The molecule has 0 fully saturated rings. The third-order valence-corrected chi connectivity index (χ3v) is 5.15. The smallest absolute Gasteiger partial charge is 0.263 e. The van der Waals surface area contributed by atoms with Gasteiger partial charge in [-0.15, -0.1) is 0 Å². The van der Waals surface area contributed by atoms with Gasteiger partial charge in [-0.3, -0.25) is 4.72 Å². The second-order valence-electron chi connectivity index (χ2n) is 5.59. The van der Waals surface area contributed by atoms with Crippen molar-refractivity contribution in [1.82, 2.24) is 4.98 Å². The first-order chi connectivity index (χ1) is 12.9. The lowest BCUT2D eigenvalue weighted by Crippen LogP contribution is -2.14. The number of sulfonamides is 1. The molecule has 0 bridgehead atoms. The molecule has 1 N–H and O–H groups in total. The molecule has 3 rings (SSSR count). The fraction of sp³-hybridized carbons (Fsp3) is 0. The van der Waals surface area contributed by atoms with Gasteiger partial charge in [0.2, 0.25) is 0 Å². The minimum absolute atomic E-state index is 0.115.